The van der Waals surface area contributed by atoms with E-state index in [-0.39, 0.29) is 22.9 Å². The Labute approximate surface area is 117 Å². The number of hydrogen-bond donors (Lipinski definition) is 0. The van der Waals surface area contributed by atoms with Gasteiger partial charge < -0.3 is 4.74 Å². The van der Waals surface area contributed by atoms with E-state index in [0.29, 0.717) is 0 Å². The Bertz CT molecular complexity index is 612. The molecule has 0 fully saturated rings. The quantitative estimate of drug-likeness (QED) is 0.490. The molecule has 19 heavy (non-hydrogen) atoms. The van der Waals surface area contributed by atoms with E-state index in [9.17, 15) is 14.9 Å². The molecule has 0 atom stereocenters. The molecule has 0 saturated heterocycles. The van der Waals surface area contributed by atoms with Gasteiger partial charge in [-0.1, -0.05) is 17.7 Å². The predicted octanol–water partition coefficient (Wildman–Crippen LogP) is 3.67. The first-order valence-electron chi connectivity index (χ1n) is 5.21. The van der Waals surface area contributed by atoms with Crippen LogP contribution in [0.4, 0.5) is 5.69 Å². The number of benzene rings is 1. The molecule has 5 nitrogen and oxygen atoms in total. The fraction of sp³-hybridized carbons (Fsp3) is 0.0833. The summed E-state index contributed by atoms with van der Waals surface area (Å²) in [6, 6.07) is 7.41. The van der Waals surface area contributed by atoms with E-state index in [4.69, 9.17) is 16.3 Å². The number of nitrogens with zero attached hydrogens (tertiary/aromatic N) is 1. The van der Waals surface area contributed by atoms with Gasteiger partial charge in [0.25, 0.3) is 5.69 Å². The van der Waals surface area contributed by atoms with Crippen LogP contribution >= 0.6 is 22.9 Å². The van der Waals surface area contributed by atoms with Gasteiger partial charge in [-0.25, -0.2) is 4.79 Å². The monoisotopic (exact) mass is 297 g/mol. The van der Waals surface area contributed by atoms with Gasteiger partial charge in [0.1, 0.15) is 12.2 Å². The topological polar surface area (TPSA) is 69.4 Å². The normalized spacial score (nSPS) is 10.2. The molecule has 7 heteroatoms. The molecule has 0 aliphatic carbocycles. The molecule has 0 saturated carbocycles. The van der Waals surface area contributed by atoms with Crippen LogP contribution in [0, 0.1) is 10.1 Å². The molecule has 2 aromatic rings. The summed E-state index contributed by atoms with van der Waals surface area (Å²) in [4.78, 5) is 22.9. The van der Waals surface area contributed by atoms with Gasteiger partial charge in [-0.05, 0) is 23.6 Å². The first-order valence-corrected chi connectivity index (χ1v) is 6.47. The number of rotatable bonds is 4. The highest BCUT2D eigenvalue weighted by Crippen LogP contribution is 2.24. The van der Waals surface area contributed by atoms with Crippen molar-refractivity contribution in [2.75, 3.05) is 0 Å². The lowest BCUT2D eigenvalue weighted by Crippen LogP contribution is -2.07. The Morgan fingerprint density at radius 1 is 1.42 bits per heavy atom. The second kappa shape index (κ2) is 5.81. The van der Waals surface area contributed by atoms with E-state index in [0.717, 1.165) is 4.88 Å². The van der Waals surface area contributed by atoms with Crippen molar-refractivity contribution < 1.29 is 14.5 Å². The van der Waals surface area contributed by atoms with Crippen molar-refractivity contribution in [3.8, 4) is 0 Å². The van der Waals surface area contributed by atoms with Crippen LogP contribution in [0.2, 0.25) is 5.02 Å². The van der Waals surface area contributed by atoms with Crippen LogP contribution in [0.5, 0.6) is 0 Å². The molecular weight excluding hydrogens is 290 g/mol. The van der Waals surface area contributed by atoms with Crippen LogP contribution in [0.25, 0.3) is 0 Å². The zero-order chi connectivity index (χ0) is 13.8. The van der Waals surface area contributed by atoms with Gasteiger partial charge in [-0.15, -0.1) is 11.3 Å². The predicted molar refractivity (Wildman–Crippen MR) is 71.5 cm³/mol. The van der Waals surface area contributed by atoms with Crippen molar-refractivity contribution in [3.63, 3.8) is 0 Å². The summed E-state index contributed by atoms with van der Waals surface area (Å²) < 4.78 is 5.03. The minimum absolute atomic E-state index is 0.0835. The summed E-state index contributed by atoms with van der Waals surface area (Å²) in [5.41, 5.74) is -0.463. The minimum atomic E-state index is -0.761. The SMILES string of the molecule is O=C(OCc1cccs1)c1cc(Cl)ccc1[N+](=O)[O-]. The molecule has 2 rings (SSSR count). The Kier molecular flexibility index (Phi) is 4.13. The molecule has 1 heterocycles. The summed E-state index contributed by atoms with van der Waals surface area (Å²) in [7, 11) is 0. The molecule has 1 aromatic carbocycles. The number of esters is 1. The molecular formula is C12H8ClNO4S. The van der Waals surface area contributed by atoms with Crippen LogP contribution in [0.1, 0.15) is 15.2 Å². The third kappa shape index (κ3) is 3.30. The molecule has 0 unspecified atom stereocenters. The number of nitro groups is 1. The van der Waals surface area contributed by atoms with E-state index < -0.39 is 10.9 Å². The van der Waals surface area contributed by atoms with Gasteiger partial charge in [0, 0.05) is 16.0 Å². The third-order valence-electron chi connectivity index (χ3n) is 2.30. The van der Waals surface area contributed by atoms with Crippen molar-refractivity contribution in [1.82, 2.24) is 0 Å². The first kappa shape index (κ1) is 13.5. The number of nitro benzene ring substituents is 1. The van der Waals surface area contributed by atoms with E-state index in [2.05, 4.69) is 0 Å². The Hall–Kier alpha value is -1.92. The standard InChI is InChI=1S/C12H8ClNO4S/c13-8-3-4-11(14(16)17)10(6-8)12(15)18-7-9-2-1-5-19-9/h1-6H,7H2. The zero-order valence-electron chi connectivity index (χ0n) is 9.54. The number of ether oxygens (including phenoxy) is 1. The Balaban J connectivity index is 2.18. The van der Waals surface area contributed by atoms with Crippen LogP contribution in [-0.4, -0.2) is 10.9 Å². The molecule has 0 aliphatic rings. The third-order valence-corrected chi connectivity index (χ3v) is 3.39. The average molecular weight is 298 g/mol. The van der Waals surface area contributed by atoms with Gasteiger partial charge in [0.15, 0.2) is 0 Å². The number of halogens is 1. The highest BCUT2D eigenvalue weighted by Gasteiger charge is 2.21. The lowest BCUT2D eigenvalue weighted by molar-refractivity contribution is -0.385. The second-order valence-corrected chi connectivity index (χ2v) is 5.04. The lowest BCUT2D eigenvalue weighted by Gasteiger charge is -2.04. The number of carbonyl (C=O) groups excluding carboxylic acids is 1. The molecule has 1 aromatic heterocycles. The van der Waals surface area contributed by atoms with Gasteiger partial charge in [-0.2, -0.15) is 0 Å². The fourth-order valence-electron chi connectivity index (χ4n) is 1.44. The average Bonchev–Trinajstić information content (AvgIpc) is 2.88. The summed E-state index contributed by atoms with van der Waals surface area (Å²) in [6.07, 6.45) is 0. The smallest absolute Gasteiger partial charge is 0.345 e. The van der Waals surface area contributed by atoms with E-state index >= 15 is 0 Å². The Morgan fingerprint density at radius 3 is 2.84 bits per heavy atom. The molecule has 0 radical (unpaired) electrons. The second-order valence-electron chi connectivity index (χ2n) is 3.57. The summed E-state index contributed by atoms with van der Waals surface area (Å²) in [5, 5.41) is 12.9. The number of hydrogen-bond acceptors (Lipinski definition) is 5. The van der Waals surface area contributed by atoms with Crippen LogP contribution in [0.15, 0.2) is 35.7 Å². The van der Waals surface area contributed by atoms with Gasteiger partial charge in [0.2, 0.25) is 0 Å². The molecule has 0 aliphatic heterocycles. The van der Waals surface area contributed by atoms with Gasteiger partial charge in [0.05, 0.1) is 4.92 Å². The maximum absolute atomic E-state index is 11.8. The molecule has 0 bridgehead atoms. The molecule has 0 N–H and O–H groups in total. The molecule has 98 valence electrons. The zero-order valence-corrected chi connectivity index (χ0v) is 11.1. The maximum atomic E-state index is 11.8. The van der Waals surface area contributed by atoms with Crippen LogP contribution in [-0.2, 0) is 11.3 Å². The highest BCUT2D eigenvalue weighted by atomic mass is 35.5. The summed E-state index contributed by atoms with van der Waals surface area (Å²) >= 11 is 7.17. The van der Waals surface area contributed by atoms with Gasteiger partial charge in [-0.3, -0.25) is 10.1 Å². The van der Waals surface area contributed by atoms with Crippen LogP contribution in [0.3, 0.4) is 0 Å². The van der Waals surface area contributed by atoms with Gasteiger partial charge >= 0.3 is 5.97 Å². The van der Waals surface area contributed by atoms with Crippen molar-refractivity contribution in [1.29, 1.82) is 0 Å². The first-order chi connectivity index (χ1) is 9.08. The van der Waals surface area contributed by atoms with Crippen molar-refractivity contribution in [2.45, 2.75) is 6.61 Å². The van der Waals surface area contributed by atoms with Crippen molar-refractivity contribution >= 4 is 34.6 Å². The Morgan fingerprint density at radius 2 is 2.21 bits per heavy atom. The number of carbonyl (C=O) groups is 1. The number of thiophene rings is 1. The van der Waals surface area contributed by atoms with E-state index in [1.54, 1.807) is 0 Å². The summed E-state index contributed by atoms with van der Waals surface area (Å²) in [6.45, 7) is 0.0835. The largest absolute Gasteiger partial charge is 0.456 e. The van der Waals surface area contributed by atoms with Crippen LogP contribution < -0.4 is 0 Å². The molecule has 0 amide bonds. The van der Waals surface area contributed by atoms with Crippen molar-refractivity contribution in [3.05, 3.63) is 61.3 Å². The van der Waals surface area contributed by atoms with E-state index in [1.165, 1.54) is 29.5 Å². The summed E-state index contributed by atoms with van der Waals surface area (Å²) in [5.74, 6) is -0.761. The molecule has 0 spiro atoms. The highest BCUT2D eigenvalue weighted by molar-refractivity contribution is 7.09. The minimum Gasteiger partial charge on any atom is -0.456 e. The van der Waals surface area contributed by atoms with Crippen molar-refractivity contribution in [2.24, 2.45) is 0 Å². The fourth-order valence-corrected chi connectivity index (χ4v) is 2.23. The lowest BCUT2D eigenvalue weighted by atomic mass is 10.2. The van der Waals surface area contributed by atoms with E-state index in [1.807, 2.05) is 17.5 Å². The maximum Gasteiger partial charge on any atom is 0.345 e.